The first-order valence-corrected chi connectivity index (χ1v) is 6.20. The summed E-state index contributed by atoms with van der Waals surface area (Å²) in [6, 6.07) is 6.38. The molecule has 0 atom stereocenters. The molecule has 97 valence electrons. The summed E-state index contributed by atoms with van der Waals surface area (Å²) in [6.07, 6.45) is 11.4. The van der Waals surface area contributed by atoms with Crippen molar-refractivity contribution in [3.8, 4) is 0 Å². The third-order valence-electron chi connectivity index (χ3n) is 3.04. The summed E-state index contributed by atoms with van der Waals surface area (Å²) in [6.45, 7) is 12.1. The Hall–Kier alpha value is -0.716. The molecule has 1 heteroatoms. The Morgan fingerprint density at radius 3 is 2.53 bits per heavy atom. The van der Waals surface area contributed by atoms with E-state index in [2.05, 4.69) is 75.9 Å². The van der Waals surface area contributed by atoms with Gasteiger partial charge in [0.2, 0.25) is 0 Å². The van der Waals surface area contributed by atoms with Crippen LogP contribution in [0.1, 0.15) is 37.5 Å². The molecule has 1 rings (SSSR count). The van der Waals surface area contributed by atoms with Gasteiger partial charge in [0.25, 0.3) is 0 Å². The Balaban J connectivity index is 0.00000324. The van der Waals surface area contributed by atoms with Crippen LogP contribution in [0.25, 0.3) is 5.57 Å². The molecule has 0 N–H and O–H groups in total. The van der Waals surface area contributed by atoms with E-state index >= 15 is 0 Å². The maximum absolute atomic E-state index is 3.72. The van der Waals surface area contributed by atoms with Crippen molar-refractivity contribution in [3.63, 3.8) is 0 Å². The monoisotopic (exact) mass is 326 g/mol. The van der Waals surface area contributed by atoms with Gasteiger partial charge in [-0.1, -0.05) is 54.0 Å². The van der Waals surface area contributed by atoms with E-state index in [0.717, 1.165) is 5.56 Å². The van der Waals surface area contributed by atoms with Crippen molar-refractivity contribution in [1.82, 2.24) is 0 Å². The van der Waals surface area contributed by atoms with Crippen LogP contribution < -0.4 is 0 Å². The van der Waals surface area contributed by atoms with Gasteiger partial charge in [0.1, 0.15) is 0 Å². The summed E-state index contributed by atoms with van der Waals surface area (Å²) < 4.78 is 0. The summed E-state index contributed by atoms with van der Waals surface area (Å²) in [5.74, 6) is 0. The average molecular weight is 326 g/mol. The van der Waals surface area contributed by atoms with E-state index in [1.807, 2.05) is 6.92 Å². The van der Waals surface area contributed by atoms with Gasteiger partial charge < -0.3 is 0 Å². The van der Waals surface area contributed by atoms with Crippen LogP contribution in [0.4, 0.5) is 0 Å². The van der Waals surface area contributed by atoms with Crippen molar-refractivity contribution in [2.75, 3.05) is 0 Å². The quantitative estimate of drug-likeness (QED) is 0.523. The number of hydrogen-bond donors (Lipinski definition) is 0. The molecule has 0 nitrogen and oxygen atoms in total. The minimum Gasteiger partial charge on any atom is -0.190 e. The molecule has 19 heavy (non-hydrogen) atoms. The molecular weight excluding hydrogens is 305 g/mol. The Kier molecular flexibility index (Phi) is 8.88. The van der Waals surface area contributed by atoms with Crippen LogP contribution in [0.3, 0.4) is 0 Å². The van der Waals surface area contributed by atoms with E-state index < -0.39 is 0 Å². The molecule has 0 unspecified atom stereocenters. The van der Waals surface area contributed by atoms with E-state index in [-0.39, 0.29) is 32.7 Å². The molecule has 0 saturated heterocycles. The van der Waals surface area contributed by atoms with Gasteiger partial charge in [0.05, 0.1) is 0 Å². The van der Waals surface area contributed by atoms with Crippen molar-refractivity contribution < 1.29 is 32.7 Å². The largest absolute Gasteiger partial charge is 0.190 e. The van der Waals surface area contributed by atoms with Crippen molar-refractivity contribution in [3.05, 3.63) is 77.4 Å². The van der Waals surface area contributed by atoms with Crippen LogP contribution in [0.5, 0.6) is 0 Å². The van der Waals surface area contributed by atoms with E-state index in [4.69, 9.17) is 0 Å². The van der Waals surface area contributed by atoms with Gasteiger partial charge in [-0.25, -0.2) is 0 Å². The molecule has 0 fully saturated rings. The zero-order valence-electron chi connectivity index (χ0n) is 12.3. The third kappa shape index (κ3) is 5.84. The predicted octanol–water partition coefficient (Wildman–Crippen LogP) is 5.26. The third-order valence-corrected chi connectivity index (χ3v) is 3.04. The van der Waals surface area contributed by atoms with Crippen molar-refractivity contribution in [2.45, 2.75) is 27.7 Å². The molecule has 1 aromatic carbocycles. The van der Waals surface area contributed by atoms with Gasteiger partial charge in [-0.05, 0) is 20.8 Å². The molecule has 0 amide bonds. The SMILES string of the molecule is C=[C-]c1cc(/C(C)=C/C=C/C(C)=C/C)ccc1C.[Y]. The fraction of sp³-hybridized carbons (Fsp3) is 0.222. The Morgan fingerprint density at radius 1 is 1.26 bits per heavy atom. The molecule has 0 heterocycles. The summed E-state index contributed by atoms with van der Waals surface area (Å²) in [7, 11) is 0. The molecule has 0 aliphatic carbocycles. The number of allylic oxidation sites excluding steroid dienone is 6. The molecule has 0 bridgehead atoms. The maximum atomic E-state index is 3.72. The zero-order valence-corrected chi connectivity index (χ0v) is 15.2. The summed E-state index contributed by atoms with van der Waals surface area (Å²) >= 11 is 0. The fourth-order valence-corrected chi connectivity index (χ4v) is 1.59. The second kappa shape index (κ2) is 9.23. The molecule has 0 aromatic heterocycles. The van der Waals surface area contributed by atoms with E-state index in [1.54, 1.807) is 0 Å². The van der Waals surface area contributed by atoms with E-state index in [9.17, 15) is 0 Å². The first-order chi connectivity index (χ1) is 8.58. The number of rotatable bonds is 4. The molecular formula is C18H21Y-. The van der Waals surface area contributed by atoms with Crippen molar-refractivity contribution in [2.24, 2.45) is 0 Å². The van der Waals surface area contributed by atoms with Crippen molar-refractivity contribution in [1.29, 1.82) is 0 Å². The fourth-order valence-electron chi connectivity index (χ4n) is 1.59. The smallest absolute Gasteiger partial charge is 0 e. The molecule has 0 aliphatic rings. The Labute approximate surface area is 142 Å². The minimum absolute atomic E-state index is 0. The molecule has 0 aliphatic heterocycles. The van der Waals surface area contributed by atoms with Crippen LogP contribution in [0.2, 0.25) is 0 Å². The molecule has 0 saturated carbocycles. The standard InChI is InChI=1S/C18H21.Y/c1-6-14(3)9-8-10-15(4)18-12-11-16(5)17(7-2)13-18;/h6,8-13H,2H2,1,3-5H3;/q-1;/b9-8+,14-6+,15-10+;. The van der Waals surface area contributed by atoms with Crippen LogP contribution in [-0.4, -0.2) is 0 Å². The number of aryl methyl sites for hydroxylation is 1. The summed E-state index contributed by atoms with van der Waals surface area (Å²) in [5.41, 5.74) is 6.01. The summed E-state index contributed by atoms with van der Waals surface area (Å²) in [5, 5.41) is 0. The van der Waals surface area contributed by atoms with Gasteiger partial charge in [0.15, 0.2) is 0 Å². The average Bonchev–Trinajstić information content (AvgIpc) is 2.38. The maximum Gasteiger partial charge on any atom is 0 e. The predicted molar refractivity (Wildman–Crippen MR) is 81.4 cm³/mol. The van der Waals surface area contributed by atoms with Gasteiger partial charge >= 0.3 is 0 Å². The van der Waals surface area contributed by atoms with Gasteiger partial charge in [0, 0.05) is 32.7 Å². The normalized spacial score (nSPS) is 12.4. The molecule has 1 radical (unpaired) electrons. The van der Waals surface area contributed by atoms with Crippen LogP contribution in [0.15, 0.2) is 54.7 Å². The Morgan fingerprint density at radius 2 is 1.95 bits per heavy atom. The first kappa shape index (κ1) is 18.3. The second-order valence-electron chi connectivity index (χ2n) is 4.45. The van der Waals surface area contributed by atoms with E-state index in [0.29, 0.717) is 0 Å². The van der Waals surface area contributed by atoms with E-state index in [1.165, 1.54) is 22.3 Å². The zero-order chi connectivity index (χ0) is 13.5. The number of hydrogen-bond acceptors (Lipinski definition) is 0. The number of benzene rings is 1. The second-order valence-corrected chi connectivity index (χ2v) is 4.45. The summed E-state index contributed by atoms with van der Waals surface area (Å²) in [4.78, 5) is 0. The van der Waals surface area contributed by atoms with Gasteiger partial charge in [-0.15, -0.1) is 6.07 Å². The first-order valence-electron chi connectivity index (χ1n) is 6.20. The van der Waals surface area contributed by atoms with Crippen LogP contribution in [-0.2, 0) is 32.7 Å². The van der Waals surface area contributed by atoms with Crippen LogP contribution in [0, 0.1) is 13.0 Å². The van der Waals surface area contributed by atoms with Gasteiger partial charge in [-0.2, -0.15) is 29.8 Å². The molecule has 1 aromatic rings. The van der Waals surface area contributed by atoms with Crippen molar-refractivity contribution >= 4 is 5.57 Å². The van der Waals surface area contributed by atoms with Gasteiger partial charge in [-0.3, -0.25) is 0 Å². The Bertz CT molecular complexity index is 516. The minimum atomic E-state index is 0. The topological polar surface area (TPSA) is 0 Å². The van der Waals surface area contributed by atoms with Crippen LogP contribution >= 0.6 is 0 Å². The molecule has 0 spiro atoms.